The van der Waals surface area contributed by atoms with E-state index in [9.17, 15) is 0 Å². The number of rotatable bonds is 4. The van der Waals surface area contributed by atoms with Crippen molar-refractivity contribution in [3.8, 4) is 5.75 Å². The van der Waals surface area contributed by atoms with E-state index in [1.807, 2.05) is 0 Å². The lowest BCUT2D eigenvalue weighted by Gasteiger charge is -2.51. The van der Waals surface area contributed by atoms with Crippen molar-refractivity contribution < 1.29 is 9.47 Å². The fourth-order valence-electron chi connectivity index (χ4n) is 3.33. The Morgan fingerprint density at radius 3 is 2.90 bits per heavy atom. The molecule has 2 aliphatic rings. The smallest absolute Gasteiger partial charge is 0.126 e. The average Bonchev–Trinajstić information content (AvgIpc) is 2.41. The van der Waals surface area contributed by atoms with E-state index in [0.29, 0.717) is 12.1 Å². The number of hydrogen-bond acceptors (Lipinski definition) is 3. The summed E-state index contributed by atoms with van der Waals surface area (Å²) < 4.78 is 12.8. The van der Waals surface area contributed by atoms with Gasteiger partial charge in [0.15, 0.2) is 0 Å². The van der Waals surface area contributed by atoms with Crippen molar-refractivity contribution in [1.29, 1.82) is 0 Å². The monoisotopic (exact) mass is 339 g/mol. The number of nitrogens with one attached hydrogen (secondary N) is 1. The number of hydrogen-bond donors (Lipinski definition) is 1. The normalized spacial score (nSPS) is 31.6. The molecular weight excluding hydrogens is 318 g/mol. The van der Waals surface area contributed by atoms with Crippen LogP contribution in [-0.4, -0.2) is 25.4 Å². The Labute approximate surface area is 129 Å². The molecule has 0 radical (unpaired) electrons. The van der Waals surface area contributed by atoms with Gasteiger partial charge in [0.05, 0.1) is 6.10 Å². The van der Waals surface area contributed by atoms with Crippen LogP contribution in [0.2, 0.25) is 0 Å². The maximum atomic E-state index is 6.33. The lowest BCUT2D eigenvalue weighted by atomic mass is 9.71. The first kappa shape index (κ1) is 14.4. The number of benzene rings is 1. The fourth-order valence-corrected chi connectivity index (χ4v) is 3.67. The summed E-state index contributed by atoms with van der Waals surface area (Å²) in [5, 5.41) is 3.67. The van der Waals surface area contributed by atoms with E-state index < -0.39 is 0 Å². The van der Waals surface area contributed by atoms with Crippen molar-refractivity contribution in [2.24, 2.45) is 0 Å². The molecule has 0 bridgehead atoms. The zero-order valence-corrected chi connectivity index (χ0v) is 13.7. The third-order valence-corrected chi connectivity index (χ3v) is 4.92. The predicted molar refractivity (Wildman–Crippen MR) is 83.2 cm³/mol. The van der Waals surface area contributed by atoms with Gasteiger partial charge in [-0.1, -0.05) is 28.9 Å². The zero-order chi connectivity index (χ0) is 14.2. The molecule has 1 unspecified atom stereocenters. The SMILES string of the molecule is CCCNC1CC2(CC(OC)C2)Oc2cc(Br)ccc21. The van der Waals surface area contributed by atoms with Gasteiger partial charge in [-0.15, -0.1) is 0 Å². The van der Waals surface area contributed by atoms with E-state index >= 15 is 0 Å². The van der Waals surface area contributed by atoms with Gasteiger partial charge in [0.2, 0.25) is 0 Å². The maximum Gasteiger partial charge on any atom is 0.126 e. The predicted octanol–water partition coefficient (Wildman–Crippen LogP) is 3.82. The Bertz CT molecular complexity index is 485. The number of methoxy groups -OCH3 is 1. The second-order valence-electron chi connectivity index (χ2n) is 5.94. The molecule has 4 heteroatoms. The quantitative estimate of drug-likeness (QED) is 0.904. The van der Waals surface area contributed by atoms with Gasteiger partial charge in [0.1, 0.15) is 11.4 Å². The highest BCUT2D eigenvalue weighted by Gasteiger charge is 2.51. The van der Waals surface area contributed by atoms with Crippen LogP contribution in [-0.2, 0) is 4.74 Å². The summed E-state index contributed by atoms with van der Waals surface area (Å²) in [5.41, 5.74) is 1.26. The molecule has 3 rings (SSSR count). The highest BCUT2D eigenvalue weighted by atomic mass is 79.9. The van der Waals surface area contributed by atoms with E-state index in [-0.39, 0.29) is 5.60 Å². The number of ether oxygens (including phenoxy) is 2. The molecule has 1 saturated carbocycles. The fraction of sp³-hybridized carbons (Fsp3) is 0.625. The summed E-state index contributed by atoms with van der Waals surface area (Å²) in [6, 6.07) is 6.76. The van der Waals surface area contributed by atoms with Crippen LogP contribution in [0.4, 0.5) is 0 Å². The Morgan fingerprint density at radius 2 is 2.20 bits per heavy atom. The van der Waals surface area contributed by atoms with Crippen LogP contribution in [0, 0.1) is 0 Å². The third kappa shape index (κ3) is 2.61. The van der Waals surface area contributed by atoms with E-state index in [1.54, 1.807) is 7.11 Å². The molecule has 0 aromatic heterocycles. The van der Waals surface area contributed by atoms with Crippen molar-refractivity contribution in [2.75, 3.05) is 13.7 Å². The summed E-state index contributed by atoms with van der Waals surface area (Å²) >= 11 is 3.54. The minimum atomic E-state index is -0.0279. The van der Waals surface area contributed by atoms with Gasteiger partial charge >= 0.3 is 0 Å². The summed E-state index contributed by atoms with van der Waals surface area (Å²) in [4.78, 5) is 0. The van der Waals surface area contributed by atoms with Crippen LogP contribution < -0.4 is 10.1 Å². The molecule has 0 amide bonds. The van der Waals surface area contributed by atoms with Crippen LogP contribution >= 0.6 is 15.9 Å². The van der Waals surface area contributed by atoms with Crippen LogP contribution in [0.15, 0.2) is 22.7 Å². The highest BCUT2D eigenvalue weighted by molar-refractivity contribution is 9.10. The van der Waals surface area contributed by atoms with Crippen LogP contribution in [0.25, 0.3) is 0 Å². The van der Waals surface area contributed by atoms with Gasteiger partial charge in [-0.25, -0.2) is 0 Å². The van der Waals surface area contributed by atoms with Gasteiger partial charge < -0.3 is 14.8 Å². The summed E-state index contributed by atoms with van der Waals surface area (Å²) in [7, 11) is 1.79. The zero-order valence-electron chi connectivity index (χ0n) is 12.1. The van der Waals surface area contributed by atoms with Crippen molar-refractivity contribution in [1.82, 2.24) is 5.32 Å². The van der Waals surface area contributed by atoms with Gasteiger partial charge in [0.25, 0.3) is 0 Å². The second-order valence-corrected chi connectivity index (χ2v) is 6.86. The Kier molecular flexibility index (Phi) is 4.07. The molecule has 1 atom stereocenters. The first-order valence-electron chi connectivity index (χ1n) is 7.40. The largest absolute Gasteiger partial charge is 0.487 e. The molecule has 1 heterocycles. The molecule has 1 aliphatic heterocycles. The number of fused-ring (bicyclic) bond motifs is 1. The molecule has 20 heavy (non-hydrogen) atoms. The molecule has 1 spiro atoms. The lowest BCUT2D eigenvalue weighted by Crippen LogP contribution is -2.56. The van der Waals surface area contributed by atoms with Gasteiger partial charge in [-0.2, -0.15) is 0 Å². The van der Waals surface area contributed by atoms with Crippen molar-refractivity contribution in [3.05, 3.63) is 28.2 Å². The first-order valence-corrected chi connectivity index (χ1v) is 8.20. The standard InChI is InChI=1S/C16H22BrNO2/c1-3-6-18-14-10-16(8-12(9-16)19-2)20-15-7-11(17)4-5-13(14)15/h4-5,7,12,14,18H,3,6,8-10H2,1-2H3. The Balaban J connectivity index is 1.84. The first-order chi connectivity index (χ1) is 9.65. The molecule has 1 aromatic carbocycles. The topological polar surface area (TPSA) is 30.5 Å². The van der Waals surface area contributed by atoms with E-state index in [2.05, 4.69) is 46.4 Å². The van der Waals surface area contributed by atoms with E-state index in [0.717, 1.165) is 42.5 Å². The van der Waals surface area contributed by atoms with Crippen molar-refractivity contribution >= 4 is 15.9 Å². The van der Waals surface area contributed by atoms with Crippen molar-refractivity contribution in [3.63, 3.8) is 0 Å². The molecule has 1 aliphatic carbocycles. The second kappa shape index (κ2) is 5.66. The average molecular weight is 340 g/mol. The van der Waals surface area contributed by atoms with Crippen LogP contribution in [0.1, 0.15) is 44.2 Å². The minimum Gasteiger partial charge on any atom is -0.487 e. The Morgan fingerprint density at radius 1 is 1.40 bits per heavy atom. The van der Waals surface area contributed by atoms with Crippen LogP contribution in [0.5, 0.6) is 5.75 Å². The molecule has 1 fully saturated rings. The van der Waals surface area contributed by atoms with Gasteiger partial charge in [0, 0.05) is 42.5 Å². The maximum absolute atomic E-state index is 6.33. The highest BCUT2D eigenvalue weighted by Crippen LogP contribution is 2.50. The molecule has 0 saturated heterocycles. The van der Waals surface area contributed by atoms with Crippen LogP contribution in [0.3, 0.4) is 0 Å². The van der Waals surface area contributed by atoms with Crippen molar-refractivity contribution in [2.45, 2.75) is 50.4 Å². The Hall–Kier alpha value is -0.580. The molecule has 3 nitrogen and oxygen atoms in total. The molecule has 110 valence electrons. The number of halogens is 1. The summed E-state index contributed by atoms with van der Waals surface area (Å²) in [5.74, 6) is 1.02. The lowest BCUT2D eigenvalue weighted by molar-refractivity contribution is -0.126. The summed E-state index contributed by atoms with van der Waals surface area (Å²) in [6.45, 7) is 3.25. The third-order valence-electron chi connectivity index (χ3n) is 4.43. The van der Waals surface area contributed by atoms with E-state index in [4.69, 9.17) is 9.47 Å². The minimum absolute atomic E-state index is 0.0279. The summed E-state index contributed by atoms with van der Waals surface area (Å²) in [6.07, 6.45) is 4.55. The molecular formula is C16H22BrNO2. The molecule has 1 aromatic rings. The van der Waals surface area contributed by atoms with Gasteiger partial charge in [-0.3, -0.25) is 0 Å². The van der Waals surface area contributed by atoms with Gasteiger partial charge in [-0.05, 0) is 25.1 Å². The van der Waals surface area contributed by atoms with E-state index in [1.165, 1.54) is 5.56 Å². The molecule has 1 N–H and O–H groups in total.